The highest BCUT2D eigenvalue weighted by atomic mass is 32.1. The van der Waals surface area contributed by atoms with Crippen molar-refractivity contribution < 1.29 is 14.3 Å². The predicted octanol–water partition coefficient (Wildman–Crippen LogP) is 2.90. The van der Waals surface area contributed by atoms with Gasteiger partial charge in [0.05, 0.1) is 19.9 Å². The number of aromatic nitrogens is 1. The van der Waals surface area contributed by atoms with Gasteiger partial charge in [0, 0.05) is 6.54 Å². The van der Waals surface area contributed by atoms with Crippen molar-refractivity contribution in [3.63, 3.8) is 0 Å². The van der Waals surface area contributed by atoms with Gasteiger partial charge in [0.25, 0.3) is 0 Å². The predicted molar refractivity (Wildman–Crippen MR) is 83.4 cm³/mol. The maximum Gasteiger partial charge on any atom is 0.350 e. The van der Waals surface area contributed by atoms with Crippen LogP contribution in [0.1, 0.15) is 20.9 Å². The van der Waals surface area contributed by atoms with Gasteiger partial charge in [-0.15, -0.1) is 0 Å². The molecule has 0 aliphatic rings. The molecule has 0 atom stereocenters. The first-order valence-electron chi connectivity index (χ1n) is 6.56. The lowest BCUT2D eigenvalue weighted by Gasteiger charge is -2.04. The molecule has 0 aliphatic carbocycles. The van der Waals surface area contributed by atoms with Crippen molar-refractivity contribution in [2.75, 3.05) is 26.1 Å². The second kappa shape index (κ2) is 7.08. The lowest BCUT2D eigenvalue weighted by atomic mass is 10.1. The topological polar surface area (TPSA) is 60.5 Å². The van der Waals surface area contributed by atoms with E-state index in [1.165, 1.54) is 24.0 Å². The number of aryl methyl sites for hydroxylation is 1. The minimum atomic E-state index is -0.340. The first kappa shape index (κ1) is 15.3. The highest BCUT2D eigenvalue weighted by Crippen LogP contribution is 2.23. The Morgan fingerprint density at radius 1 is 1.29 bits per heavy atom. The van der Waals surface area contributed by atoms with Gasteiger partial charge in [-0.2, -0.15) is 0 Å². The van der Waals surface area contributed by atoms with Gasteiger partial charge in [0.1, 0.15) is 10.6 Å². The van der Waals surface area contributed by atoms with Crippen LogP contribution >= 0.6 is 11.3 Å². The molecule has 0 amide bonds. The minimum absolute atomic E-state index is 0.340. The van der Waals surface area contributed by atoms with Crippen LogP contribution < -0.4 is 10.1 Å². The minimum Gasteiger partial charge on any atom is -0.497 e. The molecule has 0 saturated heterocycles. The second-order valence-corrected chi connectivity index (χ2v) is 5.45. The van der Waals surface area contributed by atoms with Crippen molar-refractivity contribution in [3.05, 3.63) is 40.4 Å². The standard InChI is InChI=1S/C15H18N2O3S/c1-10-13(14(18)20-3)21-15(17-10)16-9-8-11-4-6-12(19-2)7-5-11/h4-7H,8-9H2,1-3H3,(H,16,17). The van der Waals surface area contributed by atoms with Gasteiger partial charge in [0.2, 0.25) is 0 Å². The van der Waals surface area contributed by atoms with Gasteiger partial charge in [-0.3, -0.25) is 0 Å². The molecule has 0 fully saturated rings. The fourth-order valence-electron chi connectivity index (χ4n) is 1.86. The molecule has 1 aromatic heterocycles. The Balaban J connectivity index is 1.89. The second-order valence-electron chi connectivity index (χ2n) is 4.45. The van der Waals surface area contributed by atoms with Crippen LogP contribution in [-0.4, -0.2) is 31.7 Å². The van der Waals surface area contributed by atoms with Crippen molar-refractivity contribution in [2.45, 2.75) is 13.3 Å². The molecular formula is C15H18N2O3S. The number of carbonyl (C=O) groups is 1. The average Bonchev–Trinajstić information content (AvgIpc) is 2.88. The molecule has 1 aromatic carbocycles. The SMILES string of the molecule is COC(=O)c1sc(NCCc2ccc(OC)cc2)nc1C. The van der Waals surface area contributed by atoms with Crippen molar-refractivity contribution in [1.82, 2.24) is 4.98 Å². The Bertz CT molecular complexity index is 608. The molecule has 0 radical (unpaired) electrons. The van der Waals surface area contributed by atoms with Crippen LogP contribution in [0.3, 0.4) is 0 Å². The number of benzene rings is 1. The summed E-state index contributed by atoms with van der Waals surface area (Å²) in [5.41, 5.74) is 1.91. The fourth-order valence-corrected chi connectivity index (χ4v) is 2.77. The van der Waals surface area contributed by atoms with Crippen molar-refractivity contribution >= 4 is 22.4 Å². The van der Waals surface area contributed by atoms with Crippen molar-refractivity contribution in [3.8, 4) is 5.75 Å². The first-order valence-corrected chi connectivity index (χ1v) is 7.38. The van der Waals surface area contributed by atoms with E-state index in [9.17, 15) is 4.79 Å². The van der Waals surface area contributed by atoms with Gasteiger partial charge in [-0.05, 0) is 31.0 Å². The molecule has 2 rings (SSSR count). The van der Waals surface area contributed by atoms with Crippen LogP contribution in [0.4, 0.5) is 5.13 Å². The molecule has 6 heteroatoms. The largest absolute Gasteiger partial charge is 0.497 e. The van der Waals surface area contributed by atoms with Crippen LogP contribution in [0, 0.1) is 6.92 Å². The summed E-state index contributed by atoms with van der Waals surface area (Å²) in [5.74, 6) is 0.512. The van der Waals surface area contributed by atoms with Crippen LogP contribution in [0.2, 0.25) is 0 Å². The van der Waals surface area contributed by atoms with E-state index >= 15 is 0 Å². The number of hydrogen-bond acceptors (Lipinski definition) is 6. The Hall–Kier alpha value is -2.08. The number of nitrogens with one attached hydrogen (secondary N) is 1. The highest BCUT2D eigenvalue weighted by molar-refractivity contribution is 7.17. The van der Waals surface area contributed by atoms with Gasteiger partial charge in [-0.1, -0.05) is 23.5 Å². The van der Waals surface area contributed by atoms with Gasteiger partial charge in [-0.25, -0.2) is 9.78 Å². The molecule has 112 valence electrons. The molecule has 0 spiro atoms. The Kier molecular flexibility index (Phi) is 5.16. The first-order chi connectivity index (χ1) is 10.1. The normalized spacial score (nSPS) is 10.2. The smallest absolute Gasteiger partial charge is 0.350 e. The Morgan fingerprint density at radius 3 is 2.62 bits per heavy atom. The number of thiazole rings is 1. The van der Waals surface area contributed by atoms with Crippen LogP contribution in [0.15, 0.2) is 24.3 Å². The number of methoxy groups -OCH3 is 2. The maximum absolute atomic E-state index is 11.5. The quantitative estimate of drug-likeness (QED) is 0.832. The summed E-state index contributed by atoms with van der Waals surface area (Å²) in [6.07, 6.45) is 0.871. The van der Waals surface area contributed by atoms with Crippen molar-refractivity contribution in [1.29, 1.82) is 0 Å². The molecule has 1 N–H and O–H groups in total. The van der Waals surface area contributed by atoms with E-state index in [1.54, 1.807) is 14.0 Å². The zero-order chi connectivity index (χ0) is 15.2. The summed E-state index contributed by atoms with van der Waals surface area (Å²) < 4.78 is 9.84. The lowest BCUT2D eigenvalue weighted by molar-refractivity contribution is 0.0605. The van der Waals surface area contributed by atoms with Gasteiger partial charge < -0.3 is 14.8 Å². The monoisotopic (exact) mass is 306 g/mol. The van der Waals surface area contributed by atoms with E-state index in [4.69, 9.17) is 9.47 Å². The van der Waals surface area contributed by atoms with E-state index in [2.05, 4.69) is 10.3 Å². The zero-order valence-corrected chi connectivity index (χ0v) is 13.1. The molecule has 0 aliphatic heterocycles. The third-order valence-corrected chi connectivity index (χ3v) is 4.11. The molecule has 0 bridgehead atoms. The van der Waals surface area contributed by atoms with Crippen LogP contribution in [0.25, 0.3) is 0 Å². The Morgan fingerprint density at radius 2 is 2.00 bits per heavy atom. The third kappa shape index (κ3) is 3.95. The molecule has 2 aromatic rings. The highest BCUT2D eigenvalue weighted by Gasteiger charge is 2.15. The summed E-state index contributed by atoms with van der Waals surface area (Å²) in [4.78, 5) is 16.4. The van der Waals surface area contributed by atoms with Crippen molar-refractivity contribution in [2.24, 2.45) is 0 Å². The molecule has 5 nitrogen and oxygen atoms in total. The van der Waals surface area contributed by atoms with Crippen LogP contribution in [-0.2, 0) is 11.2 Å². The molecule has 0 unspecified atom stereocenters. The summed E-state index contributed by atoms with van der Waals surface area (Å²) >= 11 is 1.32. The number of rotatable bonds is 6. The zero-order valence-electron chi connectivity index (χ0n) is 12.3. The van der Waals surface area contributed by atoms with E-state index in [1.807, 2.05) is 24.3 Å². The lowest BCUT2D eigenvalue weighted by Crippen LogP contribution is -2.04. The van der Waals surface area contributed by atoms with E-state index in [0.717, 1.165) is 23.8 Å². The van der Waals surface area contributed by atoms with E-state index in [-0.39, 0.29) is 5.97 Å². The number of anilines is 1. The summed E-state index contributed by atoms with van der Waals surface area (Å²) in [7, 11) is 3.03. The summed E-state index contributed by atoms with van der Waals surface area (Å²) in [5, 5.41) is 3.97. The fraction of sp³-hybridized carbons (Fsp3) is 0.333. The Labute approximate surface area is 127 Å². The molecule has 0 saturated carbocycles. The third-order valence-electron chi connectivity index (χ3n) is 3.02. The van der Waals surface area contributed by atoms with Crippen LogP contribution in [0.5, 0.6) is 5.75 Å². The number of ether oxygens (including phenoxy) is 2. The molecular weight excluding hydrogens is 288 g/mol. The number of esters is 1. The van der Waals surface area contributed by atoms with E-state index < -0.39 is 0 Å². The maximum atomic E-state index is 11.5. The van der Waals surface area contributed by atoms with Gasteiger partial charge in [0.15, 0.2) is 5.13 Å². The molecule has 1 heterocycles. The summed E-state index contributed by atoms with van der Waals surface area (Å²) in [6, 6.07) is 7.96. The summed E-state index contributed by atoms with van der Waals surface area (Å²) in [6.45, 7) is 2.55. The number of nitrogens with zero attached hydrogens (tertiary/aromatic N) is 1. The molecule has 21 heavy (non-hydrogen) atoms. The van der Waals surface area contributed by atoms with Gasteiger partial charge >= 0.3 is 5.97 Å². The van der Waals surface area contributed by atoms with E-state index in [0.29, 0.717) is 10.6 Å². The number of hydrogen-bond donors (Lipinski definition) is 1. The number of carbonyl (C=O) groups excluding carboxylic acids is 1. The average molecular weight is 306 g/mol.